The number of aliphatic hydroxyl groups is 1. The van der Waals surface area contributed by atoms with Gasteiger partial charge in [0.05, 0.1) is 6.10 Å². The lowest BCUT2D eigenvalue weighted by Gasteiger charge is -2.36. The Balaban J connectivity index is 2.18. The van der Waals surface area contributed by atoms with E-state index in [-0.39, 0.29) is 18.1 Å². The zero-order valence-corrected chi connectivity index (χ0v) is 13.2. The highest BCUT2D eigenvalue weighted by atomic mass is 16.3. The molecule has 2 unspecified atom stereocenters. The molecular weight excluding hydrogens is 264 g/mol. The fraction of sp³-hybridized carbons (Fsp3) is 0.588. The summed E-state index contributed by atoms with van der Waals surface area (Å²) in [7, 11) is 3.95. The molecule has 0 aliphatic carbocycles. The van der Waals surface area contributed by atoms with Gasteiger partial charge in [-0.2, -0.15) is 0 Å². The largest absolute Gasteiger partial charge is 0.393 e. The van der Waals surface area contributed by atoms with E-state index in [9.17, 15) is 9.90 Å². The van der Waals surface area contributed by atoms with E-state index in [1.54, 1.807) is 6.92 Å². The normalized spacial score (nSPS) is 20.2. The fourth-order valence-electron chi connectivity index (χ4n) is 2.99. The molecule has 1 heterocycles. The molecule has 4 nitrogen and oxygen atoms in total. The third-order valence-corrected chi connectivity index (χ3v) is 4.11. The van der Waals surface area contributed by atoms with Crippen LogP contribution in [0.3, 0.4) is 0 Å². The van der Waals surface area contributed by atoms with E-state index in [1.807, 2.05) is 48.2 Å². The van der Waals surface area contributed by atoms with Crippen LogP contribution < -0.4 is 4.90 Å². The number of piperidine rings is 1. The van der Waals surface area contributed by atoms with Crippen molar-refractivity contribution in [1.29, 1.82) is 0 Å². The second kappa shape index (κ2) is 6.94. The molecule has 1 aliphatic rings. The van der Waals surface area contributed by atoms with E-state index in [2.05, 4.69) is 0 Å². The van der Waals surface area contributed by atoms with Crippen molar-refractivity contribution in [3.8, 4) is 0 Å². The molecule has 1 aromatic rings. The number of benzene rings is 1. The lowest BCUT2D eigenvalue weighted by atomic mass is 9.96. The molecule has 0 bridgehead atoms. The van der Waals surface area contributed by atoms with Crippen molar-refractivity contribution >= 4 is 11.6 Å². The van der Waals surface area contributed by atoms with Gasteiger partial charge in [-0.05, 0) is 50.8 Å². The number of likely N-dealkylation sites (tertiary alicyclic amines) is 1. The molecule has 1 N–H and O–H groups in total. The molecule has 0 saturated carbocycles. The summed E-state index contributed by atoms with van der Waals surface area (Å²) >= 11 is 0. The number of rotatable bonds is 4. The molecule has 1 saturated heterocycles. The topological polar surface area (TPSA) is 43.8 Å². The number of anilines is 1. The van der Waals surface area contributed by atoms with Gasteiger partial charge < -0.3 is 14.9 Å². The molecule has 116 valence electrons. The number of hydrogen-bond donors (Lipinski definition) is 1. The maximum atomic E-state index is 12.8. The Hall–Kier alpha value is -1.55. The summed E-state index contributed by atoms with van der Waals surface area (Å²) in [6.07, 6.45) is 3.48. The lowest BCUT2D eigenvalue weighted by molar-refractivity contribution is 0.0515. The average Bonchev–Trinajstić information content (AvgIpc) is 2.46. The van der Waals surface area contributed by atoms with E-state index < -0.39 is 0 Å². The van der Waals surface area contributed by atoms with Gasteiger partial charge in [0.25, 0.3) is 5.91 Å². The van der Waals surface area contributed by atoms with E-state index >= 15 is 0 Å². The Labute approximate surface area is 127 Å². The molecule has 0 radical (unpaired) electrons. The van der Waals surface area contributed by atoms with Crippen molar-refractivity contribution in [2.45, 2.75) is 44.8 Å². The third kappa shape index (κ3) is 3.97. The van der Waals surface area contributed by atoms with Crippen LogP contribution in [0.1, 0.15) is 43.0 Å². The zero-order valence-electron chi connectivity index (χ0n) is 13.2. The van der Waals surface area contributed by atoms with Gasteiger partial charge in [-0.3, -0.25) is 4.79 Å². The van der Waals surface area contributed by atoms with Crippen molar-refractivity contribution < 1.29 is 9.90 Å². The minimum absolute atomic E-state index is 0.0871. The van der Waals surface area contributed by atoms with E-state index in [4.69, 9.17) is 0 Å². The second-order valence-electron chi connectivity index (χ2n) is 6.18. The Kier molecular flexibility index (Phi) is 5.23. The molecule has 2 atom stereocenters. The molecule has 21 heavy (non-hydrogen) atoms. The quantitative estimate of drug-likeness (QED) is 0.926. The Morgan fingerprint density at radius 3 is 2.86 bits per heavy atom. The smallest absolute Gasteiger partial charge is 0.254 e. The summed E-state index contributed by atoms with van der Waals surface area (Å²) in [5.41, 5.74) is 1.77. The first-order chi connectivity index (χ1) is 9.99. The summed E-state index contributed by atoms with van der Waals surface area (Å²) in [6, 6.07) is 7.91. The summed E-state index contributed by atoms with van der Waals surface area (Å²) in [6.45, 7) is 2.59. The van der Waals surface area contributed by atoms with Gasteiger partial charge >= 0.3 is 0 Å². The van der Waals surface area contributed by atoms with Gasteiger partial charge in [0, 0.05) is 37.9 Å². The molecular formula is C17H26N2O2. The number of carbonyl (C=O) groups excluding carboxylic acids is 1. The van der Waals surface area contributed by atoms with Crippen molar-refractivity contribution in [3.63, 3.8) is 0 Å². The summed E-state index contributed by atoms with van der Waals surface area (Å²) in [5, 5.41) is 9.65. The van der Waals surface area contributed by atoms with Crippen LogP contribution >= 0.6 is 0 Å². The van der Waals surface area contributed by atoms with Crippen molar-refractivity contribution in [1.82, 2.24) is 4.90 Å². The van der Waals surface area contributed by atoms with Crippen LogP contribution in [0.2, 0.25) is 0 Å². The number of aliphatic hydroxyl groups excluding tert-OH is 1. The maximum absolute atomic E-state index is 12.8. The summed E-state index contributed by atoms with van der Waals surface area (Å²) in [5.74, 6) is 0.0871. The highest BCUT2D eigenvalue weighted by Crippen LogP contribution is 2.24. The molecule has 1 aliphatic heterocycles. The van der Waals surface area contributed by atoms with Crippen LogP contribution in [0, 0.1) is 0 Å². The average molecular weight is 290 g/mol. The number of hydrogen-bond acceptors (Lipinski definition) is 3. The SMILES string of the molecule is CC(O)CC1CCCCN1C(=O)c1cccc(N(C)C)c1. The van der Waals surface area contributed by atoms with Gasteiger partial charge in [-0.25, -0.2) is 0 Å². The molecule has 4 heteroatoms. The third-order valence-electron chi connectivity index (χ3n) is 4.11. The van der Waals surface area contributed by atoms with Gasteiger partial charge in [0.1, 0.15) is 0 Å². The monoisotopic (exact) mass is 290 g/mol. The number of carbonyl (C=O) groups is 1. The van der Waals surface area contributed by atoms with Crippen LogP contribution in [0.25, 0.3) is 0 Å². The zero-order chi connectivity index (χ0) is 15.4. The number of amides is 1. The molecule has 1 fully saturated rings. The Morgan fingerprint density at radius 1 is 1.43 bits per heavy atom. The molecule has 0 spiro atoms. The second-order valence-corrected chi connectivity index (χ2v) is 6.18. The van der Waals surface area contributed by atoms with Crippen molar-refractivity contribution in [2.75, 3.05) is 25.5 Å². The van der Waals surface area contributed by atoms with E-state index in [1.165, 1.54) is 0 Å². The lowest BCUT2D eigenvalue weighted by Crippen LogP contribution is -2.45. The fourth-order valence-corrected chi connectivity index (χ4v) is 2.99. The van der Waals surface area contributed by atoms with Crippen LogP contribution in [-0.4, -0.2) is 48.7 Å². The Morgan fingerprint density at radius 2 is 2.19 bits per heavy atom. The van der Waals surface area contributed by atoms with Crippen molar-refractivity contribution in [2.24, 2.45) is 0 Å². The highest BCUT2D eigenvalue weighted by Gasteiger charge is 2.28. The maximum Gasteiger partial charge on any atom is 0.254 e. The Bertz CT molecular complexity index is 485. The first kappa shape index (κ1) is 15.8. The summed E-state index contributed by atoms with van der Waals surface area (Å²) in [4.78, 5) is 16.7. The highest BCUT2D eigenvalue weighted by molar-refractivity contribution is 5.95. The van der Waals surface area contributed by atoms with Crippen molar-refractivity contribution in [3.05, 3.63) is 29.8 Å². The summed E-state index contributed by atoms with van der Waals surface area (Å²) < 4.78 is 0. The van der Waals surface area contributed by atoms with E-state index in [0.717, 1.165) is 37.1 Å². The first-order valence-corrected chi connectivity index (χ1v) is 7.75. The predicted molar refractivity (Wildman–Crippen MR) is 85.7 cm³/mol. The van der Waals surface area contributed by atoms with Gasteiger partial charge in [0.15, 0.2) is 0 Å². The van der Waals surface area contributed by atoms with Crippen LogP contribution in [0.5, 0.6) is 0 Å². The number of nitrogens with zero attached hydrogens (tertiary/aromatic N) is 2. The van der Waals surface area contributed by atoms with E-state index in [0.29, 0.717) is 6.42 Å². The minimum atomic E-state index is -0.364. The molecule has 2 rings (SSSR count). The van der Waals surface area contributed by atoms with Gasteiger partial charge in [-0.1, -0.05) is 6.07 Å². The van der Waals surface area contributed by atoms with Crippen LogP contribution in [0.15, 0.2) is 24.3 Å². The van der Waals surface area contributed by atoms with Gasteiger partial charge in [0.2, 0.25) is 0 Å². The van der Waals surface area contributed by atoms with Crippen LogP contribution in [0.4, 0.5) is 5.69 Å². The molecule has 0 aromatic heterocycles. The van der Waals surface area contributed by atoms with Gasteiger partial charge in [-0.15, -0.1) is 0 Å². The van der Waals surface area contributed by atoms with Crippen LogP contribution in [-0.2, 0) is 0 Å². The standard InChI is InChI=1S/C17H26N2O2/c1-13(20)11-16-8-4-5-10-19(16)17(21)14-7-6-9-15(12-14)18(2)3/h6-7,9,12-13,16,20H,4-5,8,10-11H2,1-3H3. The molecule has 1 amide bonds. The minimum Gasteiger partial charge on any atom is -0.393 e. The molecule has 1 aromatic carbocycles. The first-order valence-electron chi connectivity index (χ1n) is 7.75. The predicted octanol–water partition coefficient (Wildman–Crippen LogP) is 2.52.